The van der Waals surface area contributed by atoms with Crippen LogP contribution in [0.25, 0.3) is 15.4 Å². The normalized spacial score (nSPS) is 10.3. The second kappa shape index (κ2) is 7.99. The first-order chi connectivity index (χ1) is 12.6. The number of carboxylic acids is 1. The zero-order valence-electron chi connectivity index (χ0n) is 13.8. The van der Waals surface area contributed by atoms with E-state index in [1.165, 1.54) is 23.1 Å². The summed E-state index contributed by atoms with van der Waals surface area (Å²) in [5.74, 6) is 0.0676. The molecule has 0 saturated carbocycles. The van der Waals surface area contributed by atoms with Gasteiger partial charge in [-0.15, -0.1) is 11.3 Å². The van der Waals surface area contributed by atoms with Crippen LogP contribution in [0, 0.1) is 6.57 Å². The molecule has 0 radical (unpaired) electrons. The third-order valence-electron chi connectivity index (χ3n) is 3.51. The van der Waals surface area contributed by atoms with Crippen LogP contribution in [0.5, 0.6) is 0 Å². The zero-order chi connectivity index (χ0) is 18.5. The van der Waals surface area contributed by atoms with Gasteiger partial charge in [-0.3, -0.25) is 0 Å². The minimum absolute atomic E-state index is 0.252. The molecule has 0 aliphatic heterocycles. The number of benzene rings is 1. The first-order valence-corrected chi connectivity index (χ1v) is 9.45. The number of anilines is 1. The Kier molecular flexibility index (Phi) is 5.51. The highest BCUT2D eigenvalue weighted by atomic mass is 32.2. The van der Waals surface area contributed by atoms with E-state index in [0.29, 0.717) is 28.1 Å². The number of thioether (sulfide) groups is 1. The van der Waals surface area contributed by atoms with Gasteiger partial charge in [0.15, 0.2) is 5.16 Å². The van der Waals surface area contributed by atoms with Crippen LogP contribution in [0.1, 0.15) is 15.9 Å². The smallest absolute Gasteiger partial charge is 0.335 e. The van der Waals surface area contributed by atoms with Crippen molar-refractivity contribution in [2.45, 2.75) is 10.9 Å². The Morgan fingerprint density at radius 2 is 2.19 bits per heavy atom. The van der Waals surface area contributed by atoms with Crippen molar-refractivity contribution in [1.82, 2.24) is 9.97 Å². The van der Waals surface area contributed by atoms with Gasteiger partial charge in [0.05, 0.1) is 17.8 Å². The van der Waals surface area contributed by atoms with Gasteiger partial charge < -0.3 is 10.4 Å². The number of aromatic nitrogens is 2. The Hall–Kier alpha value is -2.89. The molecule has 1 aromatic carbocycles. The predicted molar refractivity (Wildman–Crippen MR) is 104 cm³/mol. The van der Waals surface area contributed by atoms with E-state index in [0.717, 1.165) is 10.4 Å². The summed E-state index contributed by atoms with van der Waals surface area (Å²) in [6.45, 7) is 7.45. The van der Waals surface area contributed by atoms with Gasteiger partial charge in [-0.25, -0.2) is 19.6 Å². The second-order valence-corrected chi connectivity index (χ2v) is 7.08. The van der Waals surface area contributed by atoms with Gasteiger partial charge in [0.25, 0.3) is 5.69 Å². The molecular formula is C18H14N4O2S2. The van der Waals surface area contributed by atoms with Crippen LogP contribution in [0.2, 0.25) is 0 Å². The molecular weight excluding hydrogens is 368 g/mol. The van der Waals surface area contributed by atoms with Crippen LogP contribution < -0.4 is 5.32 Å². The molecule has 0 bridgehead atoms. The van der Waals surface area contributed by atoms with Crippen LogP contribution >= 0.6 is 23.1 Å². The SMILES string of the molecule is [C-]#[N+]c1c(NC)nc(SCc2cccc(C(=O)O)c2)nc1-c1cccs1. The fraction of sp³-hybridized carbons (Fsp3) is 0.111. The highest BCUT2D eigenvalue weighted by molar-refractivity contribution is 7.98. The fourth-order valence-electron chi connectivity index (χ4n) is 2.31. The summed E-state index contributed by atoms with van der Waals surface area (Å²) in [5.41, 5.74) is 2.13. The molecule has 0 unspecified atom stereocenters. The van der Waals surface area contributed by atoms with Crippen molar-refractivity contribution in [3.63, 3.8) is 0 Å². The number of carbonyl (C=O) groups is 1. The topological polar surface area (TPSA) is 79.5 Å². The van der Waals surface area contributed by atoms with Crippen molar-refractivity contribution in [3.8, 4) is 10.6 Å². The molecule has 6 nitrogen and oxygen atoms in total. The van der Waals surface area contributed by atoms with E-state index in [9.17, 15) is 4.79 Å². The number of nitrogens with one attached hydrogen (secondary N) is 1. The first-order valence-electron chi connectivity index (χ1n) is 7.58. The molecule has 8 heteroatoms. The summed E-state index contributed by atoms with van der Waals surface area (Å²) in [4.78, 5) is 24.6. The number of aromatic carboxylic acids is 1. The lowest BCUT2D eigenvalue weighted by Crippen LogP contribution is -1.99. The van der Waals surface area contributed by atoms with E-state index < -0.39 is 5.97 Å². The molecule has 3 rings (SSSR count). The summed E-state index contributed by atoms with van der Waals surface area (Å²) in [6.07, 6.45) is 0. The average molecular weight is 382 g/mol. The molecule has 2 heterocycles. The largest absolute Gasteiger partial charge is 0.478 e. The number of nitrogens with zero attached hydrogens (tertiary/aromatic N) is 3. The predicted octanol–water partition coefficient (Wildman–Crippen LogP) is 4.79. The van der Waals surface area contributed by atoms with Crippen molar-refractivity contribution >= 4 is 40.6 Å². The van der Waals surface area contributed by atoms with Crippen molar-refractivity contribution in [2.75, 3.05) is 12.4 Å². The number of rotatable bonds is 6. The van der Waals surface area contributed by atoms with E-state index in [-0.39, 0.29) is 5.56 Å². The molecule has 0 aliphatic rings. The first kappa shape index (κ1) is 17.9. The Balaban J connectivity index is 1.91. The van der Waals surface area contributed by atoms with Crippen molar-refractivity contribution in [2.24, 2.45) is 0 Å². The van der Waals surface area contributed by atoms with E-state index in [1.807, 2.05) is 23.6 Å². The van der Waals surface area contributed by atoms with E-state index in [2.05, 4.69) is 20.1 Å². The van der Waals surface area contributed by atoms with Crippen LogP contribution in [0.4, 0.5) is 11.5 Å². The van der Waals surface area contributed by atoms with Crippen LogP contribution in [0.15, 0.2) is 46.9 Å². The van der Waals surface area contributed by atoms with E-state index in [4.69, 9.17) is 11.7 Å². The highest BCUT2D eigenvalue weighted by Crippen LogP contribution is 2.38. The molecule has 3 aromatic rings. The zero-order valence-corrected chi connectivity index (χ0v) is 15.4. The number of carboxylic acid groups (broad SMARTS) is 1. The number of thiophene rings is 1. The van der Waals surface area contributed by atoms with E-state index in [1.54, 1.807) is 25.2 Å². The van der Waals surface area contributed by atoms with Gasteiger partial charge in [-0.1, -0.05) is 30.0 Å². The summed E-state index contributed by atoms with van der Waals surface area (Å²) < 4.78 is 0. The maximum Gasteiger partial charge on any atom is 0.335 e. The summed E-state index contributed by atoms with van der Waals surface area (Å²) in [5, 5.41) is 14.5. The third-order valence-corrected chi connectivity index (χ3v) is 5.30. The number of hydrogen-bond acceptors (Lipinski definition) is 6. The quantitative estimate of drug-likeness (QED) is 0.363. The average Bonchev–Trinajstić information content (AvgIpc) is 3.20. The molecule has 0 saturated heterocycles. The lowest BCUT2D eigenvalue weighted by atomic mass is 10.1. The second-order valence-electron chi connectivity index (χ2n) is 5.19. The molecule has 130 valence electrons. The summed E-state index contributed by atoms with van der Waals surface area (Å²) in [6, 6.07) is 10.6. The van der Waals surface area contributed by atoms with Crippen molar-refractivity contribution in [1.29, 1.82) is 0 Å². The van der Waals surface area contributed by atoms with Gasteiger partial charge >= 0.3 is 5.97 Å². The Labute approximate surface area is 158 Å². The van der Waals surface area contributed by atoms with Crippen LogP contribution in [-0.4, -0.2) is 28.1 Å². The van der Waals surface area contributed by atoms with Gasteiger partial charge in [-0.2, -0.15) is 0 Å². The monoisotopic (exact) mass is 382 g/mol. The molecule has 0 fully saturated rings. The molecule has 26 heavy (non-hydrogen) atoms. The standard InChI is InChI=1S/C18H14N4O2S2/c1-19-15-14(13-7-4-8-25-13)21-18(22-16(15)20-2)26-10-11-5-3-6-12(9-11)17(23)24/h3-9H,10H2,2H3,(H,23,24)(H,20,21,22). The van der Waals surface area contributed by atoms with Crippen molar-refractivity contribution < 1.29 is 9.90 Å². The maximum atomic E-state index is 11.1. The van der Waals surface area contributed by atoms with Gasteiger partial charge in [0.2, 0.25) is 0 Å². The number of hydrogen-bond donors (Lipinski definition) is 2. The highest BCUT2D eigenvalue weighted by Gasteiger charge is 2.17. The maximum absolute atomic E-state index is 11.1. The Bertz CT molecular complexity index is 981. The third kappa shape index (κ3) is 3.85. The lowest BCUT2D eigenvalue weighted by Gasteiger charge is -2.10. The Morgan fingerprint density at radius 1 is 1.35 bits per heavy atom. The molecule has 0 spiro atoms. The Morgan fingerprint density at radius 3 is 2.85 bits per heavy atom. The lowest BCUT2D eigenvalue weighted by molar-refractivity contribution is 0.0697. The van der Waals surface area contributed by atoms with E-state index >= 15 is 0 Å². The van der Waals surface area contributed by atoms with Crippen LogP contribution in [0.3, 0.4) is 0 Å². The molecule has 0 amide bonds. The molecule has 0 aliphatic carbocycles. The summed E-state index contributed by atoms with van der Waals surface area (Å²) >= 11 is 2.92. The van der Waals surface area contributed by atoms with Gasteiger partial charge in [-0.05, 0) is 29.1 Å². The minimum Gasteiger partial charge on any atom is -0.478 e. The molecule has 0 atom stereocenters. The van der Waals surface area contributed by atoms with Gasteiger partial charge in [0.1, 0.15) is 5.82 Å². The molecule has 2 N–H and O–H groups in total. The molecule has 2 aromatic heterocycles. The summed E-state index contributed by atoms with van der Waals surface area (Å²) in [7, 11) is 1.72. The fourth-order valence-corrected chi connectivity index (χ4v) is 3.81. The van der Waals surface area contributed by atoms with Gasteiger partial charge in [0, 0.05) is 17.7 Å². The minimum atomic E-state index is -0.952. The van der Waals surface area contributed by atoms with Crippen LogP contribution in [-0.2, 0) is 5.75 Å². The van der Waals surface area contributed by atoms with Crippen molar-refractivity contribution in [3.05, 3.63) is 64.3 Å².